The zero-order chi connectivity index (χ0) is 18.4. The lowest BCUT2D eigenvalue weighted by Gasteiger charge is -2.33. The van der Waals surface area contributed by atoms with E-state index in [4.69, 9.17) is 4.74 Å². The molecule has 138 valence electrons. The molecule has 0 bridgehead atoms. The molecular formula is C19H24N4O3. The van der Waals surface area contributed by atoms with Gasteiger partial charge in [-0.3, -0.25) is 9.48 Å². The number of anilines is 2. The first-order valence-corrected chi connectivity index (χ1v) is 8.95. The van der Waals surface area contributed by atoms with E-state index in [-0.39, 0.29) is 17.6 Å². The highest BCUT2D eigenvalue weighted by molar-refractivity contribution is 5.96. The van der Waals surface area contributed by atoms with Crippen molar-refractivity contribution in [3.8, 4) is 5.75 Å². The molecule has 1 aromatic heterocycles. The molecular weight excluding hydrogens is 332 g/mol. The van der Waals surface area contributed by atoms with Crippen LogP contribution in [0.25, 0.3) is 0 Å². The zero-order valence-corrected chi connectivity index (χ0v) is 15.4. The number of hydrogen-bond acceptors (Lipinski definition) is 5. The molecule has 1 aromatic carbocycles. The molecule has 7 nitrogen and oxygen atoms in total. The molecule has 0 aliphatic carbocycles. The van der Waals surface area contributed by atoms with Crippen LogP contribution in [0.2, 0.25) is 0 Å². The van der Waals surface area contributed by atoms with E-state index in [9.17, 15) is 9.90 Å². The van der Waals surface area contributed by atoms with E-state index >= 15 is 0 Å². The van der Waals surface area contributed by atoms with Crippen LogP contribution >= 0.6 is 0 Å². The number of aromatic nitrogens is 2. The van der Waals surface area contributed by atoms with E-state index in [2.05, 4.69) is 15.3 Å². The summed E-state index contributed by atoms with van der Waals surface area (Å²) in [4.78, 5) is 14.6. The molecule has 3 heterocycles. The second kappa shape index (κ2) is 6.32. The summed E-state index contributed by atoms with van der Waals surface area (Å²) in [7, 11) is 1.95. The third kappa shape index (κ3) is 2.72. The highest BCUT2D eigenvalue weighted by Crippen LogP contribution is 2.44. The minimum Gasteiger partial charge on any atom is -0.508 e. The molecule has 0 unspecified atom stereocenters. The van der Waals surface area contributed by atoms with Crippen LogP contribution in [-0.4, -0.2) is 47.1 Å². The lowest BCUT2D eigenvalue weighted by molar-refractivity contribution is -0.116. The molecule has 0 radical (unpaired) electrons. The van der Waals surface area contributed by atoms with Crippen LogP contribution in [0, 0.1) is 13.8 Å². The minimum absolute atomic E-state index is 0.0399. The fourth-order valence-electron chi connectivity index (χ4n) is 4.09. The summed E-state index contributed by atoms with van der Waals surface area (Å²) in [6.07, 6.45) is 0.376. The summed E-state index contributed by atoms with van der Waals surface area (Å²) in [5.74, 6) is 1.13. The predicted octanol–water partition coefficient (Wildman–Crippen LogP) is 2.05. The molecule has 26 heavy (non-hydrogen) atoms. The third-order valence-electron chi connectivity index (χ3n) is 5.30. The van der Waals surface area contributed by atoms with Crippen LogP contribution in [0.3, 0.4) is 0 Å². The number of aryl methyl sites for hydroxylation is 3. The smallest absolute Gasteiger partial charge is 0.225 e. The van der Waals surface area contributed by atoms with Gasteiger partial charge < -0.3 is 20.1 Å². The number of fused-ring (bicyclic) bond motifs is 1. The molecule has 7 heteroatoms. The average molecular weight is 356 g/mol. The highest BCUT2D eigenvalue weighted by atomic mass is 16.5. The van der Waals surface area contributed by atoms with Crippen molar-refractivity contribution in [2.24, 2.45) is 7.05 Å². The normalized spacial score (nSPS) is 20.0. The average Bonchev–Trinajstić information content (AvgIpc) is 2.90. The van der Waals surface area contributed by atoms with E-state index < -0.39 is 0 Å². The molecule has 0 spiro atoms. The second-order valence-corrected chi connectivity index (χ2v) is 7.08. The molecule has 2 aliphatic rings. The van der Waals surface area contributed by atoms with E-state index in [1.807, 2.05) is 31.6 Å². The third-order valence-corrected chi connectivity index (χ3v) is 5.30. The maximum atomic E-state index is 12.4. The van der Waals surface area contributed by atoms with Gasteiger partial charge >= 0.3 is 0 Å². The van der Waals surface area contributed by atoms with Gasteiger partial charge in [-0.05, 0) is 31.0 Å². The Bertz CT molecular complexity index is 868. The Labute approximate surface area is 152 Å². The quantitative estimate of drug-likeness (QED) is 0.861. The van der Waals surface area contributed by atoms with Crippen molar-refractivity contribution in [3.05, 3.63) is 34.5 Å². The number of aromatic hydroxyl groups is 1. The fraction of sp³-hybridized carbons (Fsp3) is 0.474. The number of benzene rings is 1. The Morgan fingerprint density at radius 1 is 1.27 bits per heavy atom. The Balaban J connectivity index is 1.86. The Morgan fingerprint density at radius 3 is 2.73 bits per heavy atom. The number of carbonyl (C=O) groups excluding carboxylic acids is 1. The molecule has 0 saturated carbocycles. The zero-order valence-electron chi connectivity index (χ0n) is 15.4. The van der Waals surface area contributed by atoms with Gasteiger partial charge in [-0.2, -0.15) is 5.10 Å². The standard InChI is InChI=1S/C19H24N4O3/c1-11-8-13-14(9-17(25)20-15(13)10-16(11)24)18-12(2)21-22(3)19(18)23-4-6-26-7-5-23/h8,10,14,24H,4-7,9H2,1-3H3,(H,20,25)/t14-/m0/s1. The number of carbonyl (C=O) groups is 1. The number of morpholine rings is 1. The van der Waals surface area contributed by atoms with Crippen molar-refractivity contribution in [3.63, 3.8) is 0 Å². The largest absolute Gasteiger partial charge is 0.508 e. The second-order valence-electron chi connectivity index (χ2n) is 7.08. The van der Waals surface area contributed by atoms with Crippen molar-refractivity contribution in [2.75, 3.05) is 36.5 Å². The molecule has 1 saturated heterocycles. The van der Waals surface area contributed by atoms with Crippen molar-refractivity contribution in [1.82, 2.24) is 9.78 Å². The number of nitrogens with one attached hydrogen (secondary N) is 1. The molecule has 1 amide bonds. The van der Waals surface area contributed by atoms with Gasteiger partial charge in [-0.25, -0.2) is 0 Å². The van der Waals surface area contributed by atoms with Gasteiger partial charge in [0.2, 0.25) is 5.91 Å². The molecule has 1 atom stereocenters. The molecule has 4 rings (SSSR count). The Kier molecular flexibility index (Phi) is 4.11. The van der Waals surface area contributed by atoms with Gasteiger partial charge in [-0.1, -0.05) is 0 Å². The van der Waals surface area contributed by atoms with Crippen molar-refractivity contribution in [1.29, 1.82) is 0 Å². The fourth-order valence-corrected chi connectivity index (χ4v) is 4.09. The van der Waals surface area contributed by atoms with Crippen LogP contribution < -0.4 is 10.2 Å². The maximum absolute atomic E-state index is 12.4. The van der Waals surface area contributed by atoms with Gasteiger partial charge in [-0.15, -0.1) is 0 Å². The topological polar surface area (TPSA) is 79.6 Å². The van der Waals surface area contributed by atoms with Gasteiger partial charge in [0.1, 0.15) is 11.6 Å². The highest BCUT2D eigenvalue weighted by Gasteiger charge is 2.34. The molecule has 2 aromatic rings. The van der Waals surface area contributed by atoms with Crippen LogP contribution in [0.1, 0.15) is 34.7 Å². The summed E-state index contributed by atoms with van der Waals surface area (Å²) < 4.78 is 7.40. The Morgan fingerprint density at radius 2 is 2.00 bits per heavy atom. The first-order valence-electron chi connectivity index (χ1n) is 8.95. The maximum Gasteiger partial charge on any atom is 0.225 e. The number of ether oxygens (including phenoxy) is 1. The van der Waals surface area contributed by atoms with Crippen molar-refractivity contribution in [2.45, 2.75) is 26.2 Å². The van der Waals surface area contributed by atoms with Gasteiger partial charge in [0, 0.05) is 49.8 Å². The summed E-state index contributed by atoms with van der Waals surface area (Å²) in [6, 6.07) is 3.62. The van der Waals surface area contributed by atoms with Gasteiger partial charge in [0.25, 0.3) is 0 Å². The summed E-state index contributed by atoms with van der Waals surface area (Å²) in [5.41, 5.74) is 4.55. The molecule has 2 N–H and O–H groups in total. The number of rotatable bonds is 2. The van der Waals surface area contributed by atoms with E-state index in [0.717, 1.165) is 41.3 Å². The van der Waals surface area contributed by atoms with Crippen LogP contribution in [0.5, 0.6) is 5.75 Å². The first-order chi connectivity index (χ1) is 12.5. The van der Waals surface area contributed by atoms with Crippen molar-refractivity contribution >= 4 is 17.4 Å². The molecule has 2 aliphatic heterocycles. The van der Waals surface area contributed by atoms with E-state index in [0.29, 0.717) is 25.3 Å². The number of nitrogens with zero attached hydrogens (tertiary/aromatic N) is 3. The van der Waals surface area contributed by atoms with E-state index in [1.165, 1.54) is 0 Å². The lowest BCUT2D eigenvalue weighted by Crippen LogP contribution is -2.38. The number of phenolic OH excluding ortho intramolecular Hbond substituents is 1. The predicted molar refractivity (Wildman–Crippen MR) is 98.9 cm³/mol. The van der Waals surface area contributed by atoms with Gasteiger partial charge in [0.15, 0.2) is 0 Å². The summed E-state index contributed by atoms with van der Waals surface area (Å²) in [6.45, 7) is 6.89. The van der Waals surface area contributed by atoms with Crippen LogP contribution in [-0.2, 0) is 16.6 Å². The van der Waals surface area contributed by atoms with E-state index in [1.54, 1.807) is 6.07 Å². The van der Waals surface area contributed by atoms with Crippen LogP contribution in [0.4, 0.5) is 11.5 Å². The van der Waals surface area contributed by atoms with Gasteiger partial charge in [0.05, 0.1) is 18.9 Å². The molecule has 1 fully saturated rings. The summed E-state index contributed by atoms with van der Waals surface area (Å²) in [5, 5.41) is 17.6. The van der Waals surface area contributed by atoms with Crippen LogP contribution in [0.15, 0.2) is 12.1 Å². The van der Waals surface area contributed by atoms with Crippen molar-refractivity contribution < 1.29 is 14.6 Å². The SMILES string of the molecule is Cc1cc2c(cc1O)NC(=O)C[C@@H]2c1c(C)nn(C)c1N1CCOCC1. The first kappa shape index (κ1) is 16.9. The number of phenols is 1. The lowest BCUT2D eigenvalue weighted by atomic mass is 9.83. The monoisotopic (exact) mass is 356 g/mol. The minimum atomic E-state index is -0.0791. The number of amides is 1. The Hall–Kier alpha value is -2.54. The number of hydrogen-bond donors (Lipinski definition) is 2. The summed E-state index contributed by atoms with van der Waals surface area (Å²) >= 11 is 0.